The summed E-state index contributed by atoms with van der Waals surface area (Å²) in [6.45, 7) is 14.0. The Kier molecular flexibility index (Phi) is 8.39. The van der Waals surface area contributed by atoms with Gasteiger partial charge in [-0.05, 0) is 50.9 Å². The van der Waals surface area contributed by atoms with Gasteiger partial charge in [0.05, 0.1) is 11.3 Å². The smallest absolute Gasteiger partial charge is 0.416 e. The van der Waals surface area contributed by atoms with E-state index in [9.17, 15) is 18.0 Å². The number of amides is 1. The molecule has 3 rings (SSSR count). The van der Waals surface area contributed by atoms with E-state index in [1.807, 2.05) is 31.4 Å². The normalized spacial score (nSPS) is 15.1. The van der Waals surface area contributed by atoms with Crippen LogP contribution in [0.5, 0.6) is 0 Å². The average Bonchev–Trinajstić information content (AvgIpc) is 3.19. The van der Waals surface area contributed by atoms with Crippen LogP contribution < -0.4 is 0 Å². The first kappa shape index (κ1) is 28.0. The maximum absolute atomic E-state index is 13.3. The first-order valence-corrected chi connectivity index (χ1v) is 15.8. The molecule has 0 N–H and O–H groups in total. The van der Waals surface area contributed by atoms with Crippen molar-refractivity contribution in [3.63, 3.8) is 0 Å². The van der Waals surface area contributed by atoms with Crippen molar-refractivity contribution in [1.82, 2.24) is 14.5 Å². The standard InChI is InChI=1S/C26H36F3N3O3Si/c1-25(2,3)35-24(33)31-12-10-19(11-13-31)23-30-22(17-32(23)18-34-14-15-36(4,5)6)20-8-7-9-21(16-20)26(27,28)29/h7-10,16-17H,11-15,18H2,1-6H3. The molecule has 2 heterocycles. The molecular formula is C26H36F3N3O3Si. The van der Waals surface area contributed by atoms with Crippen LogP contribution >= 0.6 is 0 Å². The van der Waals surface area contributed by atoms with Crippen LogP contribution in [0.4, 0.5) is 18.0 Å². The first-order chi connectivity index (χ1) is 16.6. The highest BCUT2D eigenvalue weighted by atomic mass is 28.3. The van der Waals surface area contributed by atoms with Gasteiger partial charge in [-0.2, -0.15) is 13.2 Å². The molecule has 36 heavy (non-hydrogen) atoms. The third-order valence-electron chi connectivity index (χ3n) is 5.64. The third-order valence-corrected chi connectivity index (χ3v) is 7.34. The van der Waals surface area contributed by atoms with Gasteiger partial charge in [0.15, 0.2) is 0 Å². The number of halogens is 3. The number of carbonyl (C=O) groups excluding carboxylic acids is 1. The molecule has 0 fully saturated rings. The van der Waals surface area contributed by atoms with Crippen molar-refractivity contribution >= 4 is 19.7 Å². The molecule has 6 nitrogen and oxygen atoms in total. The quantitative estimate of drug-likeness (QED) is 0.292. The van der Waals surface area contributed by atoms with E-state index in [1.165, 1.54) is 6.07 Å². The van der Waals surface area contributed by atoms with Crippen LogP contribution in [-0.2, 0) is 22.4 Å². The van der Waals surface area contributed by atoms with Crippen molar-refractivity contribution < 1.29 is 27.4 Å². The van der Waals surface area contributed by atoms with Crippen molar-refractivity contribution in [3.05, 3.63) is 47.9 Å². The van der Waals surface area contributed by atoms with Crippen molar-refractivity contribution in [2.24, 2.45) is 0 Å². The van der Waals surface area contributed by atoms with Gasteiger partial charge in [0.1, 0.15) is 18.2 Å². The number of benzene rings is 1. The molecule has 1 aromatic carbocycles. The van der Waals surface area contributed by atoms with E-state index in [0.717, 1.165) is 23.7 Å². The molecule has 0 bridgehead atoms. The van der Waals surface area contributed by atoms with Crippen LogP contribution in [0.1, 0.15) is 38.6 Å². The number of hydrogen-bond acceptors (Lipinski definition) is 4. The van der Waals surface area contributed by atoms with Crippen LogP contribution in [0.2, 0.25) is 25.7 Å². The minimum atomic E-state index is -4.43. The second-order valence-electron chi connectivity index (χ2n) is 11.3. The van der Waals surface area contributed by atoms with Gasteiger partial charge >= 0.3 is 12.3 Å². The van der Waals surface area contributed by atoms with Gasteiger partial charge in [0.2, 0.25) is 0 Å². The Morgan fingerprint density at radius 2 is 1.89 bits per heavy atom. The van der Waals surface area contributed by atoms with Crippen LogP contribution in [0.25, 0.3) is 16.8 Å². The van der Waals surface area contributed by atoms with E-state index in [1.54, 1.807) is 17.2 Å². The fourth-order valence-corrected chi connectivity index (χ4v) is 4.43. The molecule has 0 spiro atoms. The van der Waals surface area contributed by atoms with E-state index in [2.05, 4.69) is 19.6 Å². The lowest BCUT2D eigenvalue weighted by atomic mass is 10.1. The van der Waals surface area contributed by atoms with Crippen LogP contribution in [-0.4, -0.2) is 53.9 Å². The zero-order valence-electron chi connectivity index (χ0n) is 21.9. The number of imidazole rings is 1. The zero-order valence-corrected chi connectivity index (χ0v) is 22.9. The lowest BCUT2D eigenvalue weighted by Crippen LogP contribution is -2.39. The predicted molar refractivity (Wildman–Crippen MR) is 137 cm³/mol. The summed E-state index contributed by atoms with van der Waals surface area (Å²) >= 11 is 0. The van der Waals surface area contributed by atoms with Crippen LogP contribution in [0.15, 0.2) is 36.5 Å². The van der Waals surface area contributed by atoms with E-state index < -0.39 is 25.4 Å². The fraction of sp³-hybridized carbons (Fsp3) is 0.538. The van der Waals surface area contributed by atoms with Gasteiger partial charge in [-0.1, -0.05) is 37.8 Å². The van der Waals surface area contributed by atoms with Gasteiger partial charge in [-0.15, -0.1) is 0 Å². The number of ether oxygens (including phenoxy) is 2. The van der Waals surface area contributed by atoms with Gasteiger partial charge in [-0.3, -0.25) is 0 Å². The number of rotatable bonds is 7. The molecule has 0 unspecified atom stereocenters. The average molecular weight is 524 g/mol. The summed E-state index contributed by atoms with van der Waals surface area (Å²) in [7, 11) is -1.27. The van der Waals surface area contributed by atoms with Crippen molar-refractivity contribution in [2.45, 2.75) is 71.4 Å². The zero-order chi connectivity index (χ0) is 26.7. The van der Waals surface area contributed by atoms with E-state index >= 15 is 0 Å². The number of hydrogen-bond donors (Lipinski definition) is 0. The Bertz CT molecular complexity index is 1100. The Balaban J connectivity index is 1.85. The molecule has 1 amide bonds. The highest BCUT2D eigenvalue weighted by Crippen LogP contribution is 2.33. The van der Waals surface area contributed by atoms with Gasteiger partial charge < -0.3 is 18.9 Å². The maximum Gasteiger partial charge on any atom is 0.416 e. The number of alkyl halides is 3. The molecule has 1 aliphatic rings. The molecule has 0 saturated heterocycles. The molecular weight excluding hydrogens is 487 g/mol. The Morgan fingerprint density at radius 3 is 2.47 bits per heavy atom. The summed E-state index contributed by atoms with van der Waals surface area (Å²) in [6, 6.07) is 6.18. The summed E-state index contributed by atoms with van der Waals surface area (Å²) in [5.41, 5.74) is 0.457. The number of aromatic nitrogens is 2. The monoisotopic (exact) mass is 523 g/mol. The first-order valence-electron chi connectivity index (χ1n) is 12.1. The summed E-state index contributed by atoms with van der Waals surface area (Å²) in [5.74, 6) is 0.638. The lowest BCUT2D eigenvalue weighted by molar-refractivity contribution is -0.137. The summed E-state index contributed by atoms with van der Waals surface area (Å²) < 4.78 is 53.1. The van der Waals surface area contributed by atoms with Crippen LogP contribution in [0, 0.1) is 0 Å². The highest BCUT2D eigenvalue weighted by molar-refractivity contribution is 6.76. The second-order valence-corrected chi connectivity index (χ2v) is 16.9. The SMILES string of the molecule is CC(C)(C)OC(=O)N1CC=C(c2nc(-c3cccc(C(F)(F)F)c3)cn2COCC[Si](C)(C)C)CC1. The maximum atomic E-state index is 13.3. The number of carbonyl (C=O) groups is 1. The largest absolute Gasteiger partial charge is 0.444 e. The minimum absolute atomic E-state index is 0.249. The fourth-order valence-electron chi connectivity index (χ4n) is 3.67. The molecule has 10 heteroatoms. The van der Waals surface area contributed by atoms with Crippen LogP contribution in [0.3, 0.4) is 0 Å². The Hall–Kier alpha value is -2.59. The van der Waals surface area contributed by atoms with E-state index in [4.69, 9.17) is 14.5 Å². The van der Waals surface area contributed by atoms with Gasteiger partial charge in [0, 0.05) is 39.5 Å². The second kappa shape index (κ2) is 10.8. The Labute approximate surface area is 212 Å². The molecule has 1 aliphatic heterocycles. The van der Waals surface area contributed by atoms with Gasteiger partial charge in [-0.25, -0.2) is 9.78 Å². The summed E-state index contributed by atoms with van der Waals surface area (Å²) in [4.78, 5) is 18.8. The molecule has 0 aliphatic carbocycles. The number of nitrogens with zero attached hydrogens (tertiary/aromatic N) is 3. The molecule has 0 radical (unpaired) electrons. The lowest BCUT2D eigenvalue weighted by Gasteiger charge is -2.29. The molecule has 2 aromatic rings. The molecule has 198 valence electrons. The predicted octanol–water partition coefficient (Wildman–Crippen LogP) is 6.91. The minimum Gasteiger partial charge on any atom is -0.444 e. The van der Waals surface area contributed by atoms with E-state index in [0.29, 0.717) is 43.2 Å². The summed E-state index contributed by atoms with van der Waals surface area (Å²) in [6.07, 6.45) is -0.601. The Morgan fingerprint density at radius 1 is 1.17 bits per heavy atom. The third kappa shape index (κ3) is 7.96. The van der Waals surface area contributed by atoms with E-state index in [-0.39, 0.29) is 12.8 Å². The molecule has 0 atom stereocenters. The topological polar surface area (TPSA) is 56.6 Å². The molecule has 1 aromatic heterocycles. The van der Waals surface area contributed by atoms with Crippen molar-refractivity contribution in [1.29, 1.82) is 0 Å². The van der Waals surface area contributed by atoms with Gasteiger partial charge in [0.25, 0.3) is 0 Å². The summed E-state index contributed by atoms with van der Waals surface area (Å²) in [5, 5.41) is 0. The molecule has 0 saturated carbocycles. The van der Waals surface area contributed by atoms with Crippen molar-refractivity contribution in [3.8, 4) is 11.3 Å². The highest BCUT2D eigenvalue weighted by Gasteiger charge is 2.31. The van der Waals surface area contributed by atoms with Crippen molar-refractivity contribution in [2.75, 3.05) is 19.7 Å².